The fourth-order valence-electron chi connectivity index (χ4n) is 2.67. The lowest BCUT2D eigenvalue weighted by Gasteiger charge is -2.28. The summed E-state index contributed by atoms with van der Waals surface area (Å²) in [5.41, 5.74) is 2.59. The van der Waals surface area contributed by atoms with Crippen LogP contribution in [-0.4, -0.2) is 22.2 Å². The van der Waals surface area contributed by atoms with Crippen molar-refractivity contribution in [2.24, 2.45) is 0 Å². The van der Waals surface area contributed by atoms with Crippen LogP contribution in [-0.2, 0) is 4.79 Å². The maximum Gasteiger partial charge on any atom is 0.236 e. The van der Waals surface area contributed by atoms with Crippen LogP contribution in [0.4, 0.5) is 0 Å². The topological polar surface area (TPSA) is 20.3 Å². The van der Waals surface area contributed by atoms with Gasteiger partial charge in [-0.2, -0.15) is 0 Å². The molecular formula is C15H20BrNO. The number of nitrogens with zero attached hydrogens (tertiary/aromatic N) is 1. The molecule has 0 saturated carbocycles. The van der Waals surface area contributed by atoms with Crippen LogP contribution >= 0.6 is 15.9 Å². The Kier molecular flexibility index (Phi) is 4.44. The maximum absolute atomic E-state index is 12.4. The van der Waals surface area contributed by atoms with E-state index in [9.17, 15) is 4.79 Å². The summed E-state index contributed by atoms with van der Waals surface area (Å²) in [7, 11) is 0. The number of amides is 1. The molecule has 2 atom stereocenters. The number of benzene rings is 1. The first-order chi connectivity index (χ1) is 8.65. The molecule has 1 aliphatic rings. The highest BCUT2D eigenvalue weighted by Crippen LogP contribution is 2.34. The molecule has 18 heavy (non-hydrogen) atoms. The lowest BCUT2D eigenvalue weighted by molar-refractivity contribution is -0.131. The first kappa shape index (κ1) is 13.6. The molecule has 0 N–H and O–H groups in total. The summed E-state index contributed by atoms with van der Waals surface area (Å²) in [6, 6.07) is 8.67. The fourth-order valence-corrected chi connectivity index (χ4v) is 2.93. The van der Waals surface area contributed by atoms with E-state index in [4.69, 9.17) is 0 Å². The second-order valence-electron chi connectivity index (χ2n) is 4.92. The van der Waals surface area contributed by atoms with Gasteiger partial charge in [0.25, 0.3) is 0 Å². The first-order valence-corrected chi connectivity index (χ1v) is 7.56. The largest absolute Gasteiger partial charge is 0.335 e. The molecule has 2 unspecified atom stereocenters. The Morgan fingerprint density at radius 1 is 1.50 bits per heavy atom. The zero-order valence-electron chi connectivity index (χ0n) is 11.0. The van der Waals surface area contributed by atoms with Crippen molar-refractivity contribution in [3.05, 3.63) is 35.4 Å². The smallest absolute Gasteiger partial charge is 0.236 e. The lowest BCUT2D eigenvalue weighted by Crippen LogP contribution is -2.36. The average Bonchev–Trinajstić information content (AvgIpc) is 2.86. The molecule has 1 aromatic rings. The van der Waals surface area contributed by atoms with Crippen LogP contribution in [0.3, 0.4) is 0 Å². The van der Waals surface area contributed by atoms with Gasteiger partial charge in [0, 0.05) is 6.54 Å². The normalized spacial score (nSPS) is 21.1. The number of likely N-dealkylation sites (tertiary alicyclic amines) is 1. The highest BCUT2D eigenvalue weighted by molar-refractivity contribution is 9.10. The summed E-state index contributed by atoms with van der Waals surface area (Å²) < 4.78 is 0. The molecule has 1 aliphatic heterocycles. The lowest BCUT2D eigenvalue weighted by atomic mass is 9.99. The van der Waals surface area contributed by atoms with Crippen LogP contribution in [0.1, 0.15) is 43.4 Å². The fraction of sp³-hybridized carbons (Fsp3) is 0.533. The molecule has 3 heteroatoms. The van der Waals surface area contributed by atoms with Gasteiger partial charge >= 0.3 is 0 Å². The van der Waals surface area contributed by atoms with Crippen molar-refractivity contribution in [1.29, 1.82) is 0 Å². The van der Waals surface area contributed by atoms with Crippen LogP contribution in [0, 0.1) is 6.92 Å². The Balaban J connectivity index is 2.23. The molecule has 2 nitrogen and oxygen atoms in total. The van der Waals surface area contributed by atoms with E-state index < -0.39 is 0 Å². The van der Waals surface area contributed by atoms with Gasteiger partial charge in [0.15, 0.2) is 0 Å². The zero-order chi connectivity index (χ0) is 13.1. The molecule has 1 saturated heterocycles. The Hall–Kier alpha value is -0.830. The number of rotatable bonds is 3. The SMILES string of the molecule is CCC(Br)C(=O)N1CCCC1c1ccccc1C. The Bertz CT molecular complexity index is 432. The highest BCUT2D eigenvalue weighted by Gasteiger charge is 2.32. The summed E-state index contributed by atoms with van der Waals surface area (Å²) >= 11 is 3.48. The van der Waals surface area contributed by atoms with Crippen molar-refractivity contribution in [3.8, 4) is 0 Å². The standard InChI is InChI=1S/C15H20BrNO/c1-3-13(16)15(18)17-10-6-9-14(17)12-8-5-4-7-11(12)2/h4-5,7-8,13-14H,3,6,9-10H2,1-2H3. The van der Waals surface area contributed by atoms with E-state index >= 15 is 0 Å². The van der Waals surface area contributed by atoms with Gasteiger partial charge < -0.3 is 4.90 Å². The van der Waals surface area contributed by atoms with Gasteiger partial charge in [-0.15, -0.1) is 0 Å². The molecule has 0 radical (unpaired) electrons. The van der Waals surface area contributed by atoms with E-state index in [1.165, 1.54) is 11.1 Å². The molecule has 2 rings (SSSR count). The first-order valence-electron chi connectivity index (χ1n) is 6.65. The number of carbonyl (C=O) groups excluding carboxylic acids is 1. The summed E-state index contributed by atoms with van der Waals surface area (Å²) in [6.07, 6.45) is 3.03. The molecule has 0 aliphatic carbocycles. The van der Waals surface area contributed by atoms with Crippen molar-refractivity contribution in [2.45, 2.75) is 44.0 Å². The van der Waals surface area contributed by atoms with Crippen LogP contribution in [0.15, 0.2) is 24.3 Å². The van der Waals surface area contributed by atoms with E-state index in [0.717, 1.165) is 25.8 Å². The minimum Gasteiger partial charge on any atom is -0.335 e. The van der Waals surface area contributed by atoms with E-state index in [2.05, 4.69) is 47.1 Å². The Morgan fingerprint density at radius 3 is 2.89 bits per heavy atom. The van der Waals surface area contributed by atoms with Crippen molar-refractivity contribution < 1.29 is 4.79 Å². The van der Waals surface area contributed by atoms with Gasteiger partial charge in [-0.1, -0.05) is 47.1 Å². The third-order valence-corrected chi connectivity index (χ3v) is 4.75. The van der Waals surface area contributed by atoms with E-state index in [1.54, 1.807) is 0 Å². The molecule has 0 aromatic heterocycles. The molecule has 0 bridgehead atoms. The number of aryl methyl sites for hydroxylation is 1. The van der Waals surface area contributed by atoms with Crippen molar-refractivity contribution >= 4 is 21.8 Å². The Morgan fingerprint density at radius 2 is 2.22 bits per heavy atom. The molecule has 1 amide bonds. The minimum absolute atomic E-state index is 0.0397. The van der Waals surface area contributed by atoms with Crippen LogP contribution in [0.5, 0.6) is 0 Å². The average molecular weight is 310 g/mol. The summed E-state index contributed by atoms with van der Waals surface area (Å²) in [4.78, 5) is 14.4. The van der Waals surface area contributed by atoms with Gasteiger partial charge in [-0.05, 0) is 37.3 Å². The highest BCUT2D eigenvalue weighted by atomic mass is 79.9. The summed E-state index contributed by atoms with van der Waals surface area (Å²) in [5.74, 6) is 0.239. The van der Waals surface area contributed by atoms with Crippen LogP contribution in [0.25, 0.3) is 0 Å². The van der Waals surface area contributed by atoms with Crippen LogP contribution in [0.2, 0.25) is 0 Å². The van der Waals surface area contributed by atoms with E-state index in [1.807, 2.05) is 11.8 Å². The number of carbonyl (C=O) groups is 1. The quantitative estimate of drug-likeness (QED) is 0.777. The second kappa shape index (κ2) is 5.87. The maximum atomic E-state index is 12.4. The second-order valence-corrected chi connectivity index (χ2v) is 6.03. The predicted octanol–water partition coefficient (Wildman–Crippen LogP) is 3.83. The monoisotopic (exact) mass is 309 g/mol. The van der Waals surface area contributed by atoms with Crippen molar-refractivity contribution in [1.82, 2.24) is 4.90 Å². The van der Waals surface area contributed by atoms with Gasteiger partial charge in [-0.3, -0.25) is 4.79 Å². The van der Waals surface area contributed by atoms with Crippen molar-refractivity contribution in [3.63, 3.8) is 0 Å². The Labute approximate surface area is 117 Å². The number of alkyl halides is 1. The van der Waals surface area contributed by atoms with Gasteiger partial charge in [0.2, 0.25) is 5.91 Å². The zero-order valence-corrected chi connectivity index (χ0v) is 12.6. The third kappa shape index (κ3) is 2.61. The van der Waals surface area contributed by atoms with Gasteiger partial charge in [-0.25, -0.2) is 0 Å². The van der Waals surface area contributed by atoms with Crippen LogP contribution < -0.4 is 0 Å². The summed E-state index contributed by atoms with van der Waals surface area (Å²) in [6.45, 7) is 5.05. The van der Waals surface area contributed by atoms with E-state index in [0.29, 0.717) is 0 Å². The summed E-state index contributed by atoms with van der Waals surface area (Å²) in [5, 5.41) is 0. The van der Waals surface area contributed by atoms with Gasteiger partial charge in [0.1, 0.15) is 0 Å². The molecule has 1 heterocycles. The van der Waals surface area contributed by atoms with Gasteiger partial charge in [0.05, 0.1) is 10.9 Å². The third-order valence-electron chi connectivity index (χ3n) is 3.71. The molecular weight excluding hydrogens is 290 g/mol. The minimum atomic E-state index is -0.0397. The predicted molar refractivity (Wildman–Crippen MR) is 77.9 cm³/mol. The number of hydrogen-bond acceptors (Lipinski definition) is 1. The molecule has 1 fully saturated rings. The number of halogens is 1. The van der Waals surface area contributed by atoms with Crippen molar-refractivity contribution in [2.75, 3.05) is 6.54 Å². The number of hydrogen-bond donors (Lipinski definition) is 0. The molecule has 98 valence electrons. The molecule has 1 aromatic carbocycles. The van der Waals surface area contributed by atoms with E-state index in [-0.39, 0.29) is 16.8 Å². The molecule has 0 spiro atoms.